The smallest absolute Gasteiger partial charge is 0.309 e. The van der Waals surface area contributed by atoms with Crippen LogP contribution in [0.2, 0.25) is 0 Å². The number of rotatable bonds is 10. The third-order valence-corrected chi connectivity index (χ3v) is 19.3. The quantitative estimate of drug-likeness (QED) is 0.199. The zero-order valence-electron chi connectivity index (χ0n) is 36.2. The summed E-state index contributed by atoms with van der Waals surface area (Å²) >= 11 is 0. The van der Waals surface area contributed by atoms with Gasteiger partial charge in [0, 0.05) is 36.6 Å². The Morgan fingerprint density at radius 1 is 0.860 bits per heavy atom. The number of esters is 1. The molecule has 1 aromatic rings. The first-order valence-corrected chi connectivity index (χ1v) is 23.6. The third-order valence-electron chi connectivity index (χ3n) is 18.2. The lowest BCUT2D eigenvalue weighted by molar-refractivity contribution is -0.238. The zero-order chi connectivity index (χ0) is 41.9. The minimum Gasteiger partial charge on any atom is -0.481 e. The Kier molecular flexibility index (Phi) is 10.5. The molecule has 0 saturated heterocycles. The van der Waals surface area contributed by atoms with Gasteiger partial charge in [0.05, 0.1) is 22.8 Å². The van der Waals surface area contributed by atoms with E-state index in [1.165, 1.54) is 11.8 Å². The van der Waals surface area contributed by atoms with Crippen molar-refractivity contribution >= 4 is 27.6 Å². The maximum absolute atomic E-state index is 14.1. The molecule has 7 rings (SSSR count). The zero-order valence-corrected chi connectivity index (χ0v) is 37.0. The van der Waals surface area contributed by atoms with Crippen LogP contribution >= 0.6 is 0 Å². The van der Waals surface area contributed by atoms with E-state index in [1.54, 1.807) is 12.1 Å². The number of aliphatic hydroxyl groups excluding tert-OH is 1. The van der Waals surface area contributed by atoms with Crippen molar-refractivity contribution in [3.8, 4) is 0 Å². The molecule has 6 aliphatic rings. The van der Waals surface area contributed by atoms with E-state index >= 15 is 0 Å². The molecule has 6 aliphatic carbocycles. The lowest BCUT2D eigenvalue weighted by Crippen LogP contribution is -2.66. The number of aliphatic hydroxyl groups is 1. The molecule has 0 radical (unpaired) electrons. The topological polar surface area (TPSA) is 147 Å². The van der Waals surface area contributed by atoms with E-state index in [-0.39, 0.29) is 56.2 Å². The maximum atomic E-state index is 14.1. The molecule has 11 atom stereocenters. The Labute approximate surface area is 341 Å². The average Bonchev–Trinajstić information content (AvgIpc) is 3.42. The number of ether oxygens (including phenoxy) is 1. The molecule has 0 amide bonds. The molecule has 1 aromatic carbocycles. The molecule has 0 bridgehead atoms. The van der Waals surface area contributed by atoms with Crippen molar-refractivity contribution in [2.24, 2.45) is 68.0 Å². The number of nitrogens with one attached hydrogen (secondary N) is 1. The second-order valence-corrected chi connectivity index (χ2v) is 23.7. The minimum atomic E-state index is -3.28. The fourth-order valence-corrected chi connectivity index (χ4v) is 15.3. The second kappa shape index (κ2) is 14.0. The Morgan fingerprint density at radius 2 is 1.53 bits per heavy atom. The van der Waals surface area contributed by atoms with E-state index in [0.717, 1.165) is 62.5 Å². The largest absolute Gasteiger partial charge is 0.481 e. The second-order valence-electron chi connectivity index (χ2n) is 21.7. The van der Waals surface area contributed by atoms with E-state index in [4.69, 9.17) is 4.74 Å². The SMILES string of the molecule is CC(C)C1=C2[C@H]3CC[C@@H]4[C@@]5(C)CC[C@H](OC(=O)[C@H]6C[C@@H](C(=O)O)C6(C)C)C(C)(C)[C@@H]5CC[C@@]4(C)[C@]3(C)CC[C@@]2([C@@H](O)CNCc2ccc(S(C)(=O)=O)cc2)CC1=O. The number of ketones is 1. The minimum absolute atomic E-state index is 0.0246. The third kappa shape index (κ3) is 6.33. The van der Waals surface area contributed by atoms with Gasteiger partial charge >= 0.3 is 11.9 Å². The summed E-state index contributed by atoms with van der Waals surface area (Å²) < 4.78 is 30.3. The number of carbonyl (C=O) groups is 3. The Balaban J connectivity index is 1.11. The molecule has 0 aromatic heterocycles. The van der Waals surface area contributed by atoms with E-state index < -0.39 is 44.6 Å². The highest BCUT2D eigenvalue weighted by Gasteiger charge is 2.71. The summed E-state index contributed by atoms with van der Waals surface area (Å²) in [6.45, 7) is 21.0. The van der Waals surface area contributed by atoms with Crippen LogP contribution in [-0.4, -0.2) is 61.4 Å². The van der Waals surface area contributed by atoms with Crippen LogP contribution in [0.25, 0.3) is 0 Å². The number of hydrogen-bond acceptors (Lipinski definition) is 8. The Bertz CT molecular complexity index is 1950. The first-order chi connectivity index (χ1) is 26.4. The van der Waals surface area contributed by atoms with Gasteiger partial charge in [-0.1, -0.05) is 80.0 Å². The van der Waals surface area contributed by atoms with Crippen LogP contribution in [0.5, 0.6) is 0 Å². The number of aliphatic carboxylic acids is 1. The van der Waals surface area contributed by atoms with Crippen LogP contribution in [0.1, 0.15) is 132 Å². The molecule has 9 nitrogen and oxygen atoms in total. The van der Waals surface area contributed by atoms with Gasteiger partial charge in [-0.15, -0.1) is 0 Å². The van der Waals surface area contributed by atoms with Crippen LogP contribution < -0.4 is 5.32 Å². The molecule has 3 N–H and O–H groups in total. The molecule has 0 spiro atoms. The molecule has 5 saturated carbocycles. The first kappa shape index (κ1) is 42.6. The number of fused-ring (bicyclic) bond motifs is 7. The van der Waals surface area contributed by atoms with Crippen molar-refractivity contribution in [3.05, 3.63) is 41.0 Å². The molecule has 316 valence electrons. The highest BCUT2D eigenvalue weighted by Crippen LogP contribution is 2.77. The van der Waals surface area contributed by atoms with Gasteiger partial charge in [-0.2, -0.15) is 0 Å². The number of carboxylic acid groups (broad SMARTS) is 1. The van der Waals surface area contributed by atoms with E-state index in [2.05, 4.69) is 53.8 Å². The molecular formula is C47H69NO8S. The van der Waals surface area contributed by atoms with Gasteiger partial charge in [-0.3, -0.25) is 14.4 Å². The molecule has 57 heavy (non-hydrogen) atoms. The van der Waals surface area contributed by atoms with E-state index in [1.807, 2.05) is 26.0 Å². The van der Waals surface area contributed by atoms with Crippen LogP contribution in [0.3, 0.4) is 0 Å². The van der Waals surface area contributed by atoms with Crippen molar-refractivity contribution < 1.29 is 37.8 Å². The summed E-state index contributed by atoms with van der Waals surface area (Å²) in [5.41, 5.74) is 1.71. The van der Waals surface area contributed by atoms with E-state index in [0.29, 0.717) is 37.8 Å². The summed E-state index contributed by atoms with van der Waals surface area (Å²) in [5.74, 6) is -0.681. The number of carboxylic acids is 1. The lowest BCUT2D eigenvalue weighted by Gasteiger charge is -2.72. The standard InChI is InChI=1S/C47H69NO8S/c1-27(2)38-33(49)24-47(36(50)26-48-25-28-11-13-29(14-12-28)57(10,54)55)22-21-45(8)30(39(38)47)15-16-35-44(7)19-18-37(43(5,6)34(44)17-20-46(35,45)9)56-41(53)32-23-31(40(51)52)42(32,3)4/h11-14,27,30-32,34-37,48,50H,15-26H2,1-10H3,(H,51,52)/t30-,31+,32-,34+,35-,36+,37+,44+,45-,46-,47+/m1/s1. The van der Waals surface area contributed by atoms with Gasteiger partial charge in [-0.25, -0.2) is 8.42 Å². The number of carbonyl (C=O) groups excluding carboxylic acids is 2. The Morgan fingerprint density at radius 3 is 2.12 bits per heavy atom. The maximum Gasteiger partial charge on any atom is 0.309 e. The van der Waals surface area contributed by atoms with Gasteiger partial charge in [0.15, 0.2) is 15.6 Å². The summed E-state index contributed by atoms with van der Waals surface area (Å²) in [5, 5.41) is 25.3. The number of hydrogen-bond donors (Lipinski definition) is 3. The number of allylic oxidation sites excluding steroid dienone is 1. The summed E-state index contributed by atoms with van der Waals surface area (Å²) in [6.07, 6.45) is 8.64. The molecule has 10 heteroatoms. The molecule has 5 fully saturated rings. The molecular weight excluding hydrogens is 739 g/mol. The van der Waals surface area contributed by atoms with Gasteiger partial charge in [-0.05, 0) is 126 Å². The van der Waals surface area contributed by atoms with Crippen LogP contribution in [0, 0.1) is 68.0 Å². The fraction of sp³-hybridized carbons (Fsp3) is 0.766. The monoisotopic (exact) mass is 807 g/mol. The highest BCUT2D eigenvalue weighted by molar-refractivity contribution is 7.90. The Hall–Kier alpha value is -2.56. The van der Waals surface area contributed by atoms with Crippen LogP contribution in [0.4, 0.5) is 0 Å². The normalized spacial score (nSPS) is 40.0. The van der Waals surface area contributed by atoms with Crippen molar-refractivity contribution in [3.63, 3.8) is 0 Å². The first-order valence-electron chi connectivity index (χ1n) is 21.7. The summed E-state index contributed by atoms with van der Waals surface area (Å²) in [4.78, 5) is 39.8. The number of sulfone groups is 1. The van der Waals surface area contributed by atoms with E-state index in [9.17, 15) is 33.0 Å². The predicted octanol–water partition coefficient (Wildman–Crippen LogP) is 8.18. The van der Waals surface area contributed by atoms with Gasteiger partial charge < -0.3 is 20.3 Å². The molecule has 0 heterocycles. The average molecular weight is 808 g/mol. The molecule has 0 aliphatic heterocycles. The van der Waals surface area contributed by atoms with Crippen LogP contribution in [0.15, 0.2) is 40.3 Å². The van der Waals surface area contributed by atoms with Crippen molar-refractivity contribution in [1.29, 1.82) is 0 Å². The fourth-order valence-electron chi connectivity index (χ4n) is 14.6. The lowest BCUT2D eigenvalue weighted by atomic mass is 9.33. The van der Waals surface area contributed by atoms with Crippen molar-refractivity contribution in [2.45, 2.75) is 150 Å². The van der Waals surface area contributed by atoms with Gasteiger partial charge in [0.25, 0.3) is 0 Å². The summed E-state index contributed by atoms with van der Waals surface area (Å²) in [6, 6.07) is 6.86. The van der Waals surface area contributed by atoms with Gasteiger partial charge in [0.1, 0.15) is 6.10 Å². The number of Topliss-reactive ketones (excluding diaryl/α,β-unsaturated/α-hetero) is 1. The molecule has 0 unspecified atom stereocenters. The summed E-state index contributed by atoms with van der Waals surface area (Å²) in [7, 11) is -3.28. The highest BCUT2D eigenvalue weighted by atomic mass is 32.2. The predicted molar refractivity (Wildman–Crippen MR) is 220 cm³/mol. The van der Waals surface area contributed by atoms with Crippen molar-refractivity contribution in [1.82, 2.24) is 5.32 Å². The number of benzene rings is 1. The van der Waals surface area contributed by atoms with Crippen LogP contribution in [-0.2, 0) is 35.5 Å². The van der Waals surface area contributed by atoms with Crippen molar-refractivity contribution in [2.75, 3.05) is 12.8 Å². The van der Waals surface area contributed by atoms with Gasteiger partial charge in [0.2, 0.25) is 0 Å².